The van der Waals surface area contributed by atoms with Crippen molar-refractivity contribution in [2.75, 3.05) is 18.5 Å². The summed E-state index contributed by atoms with van der Waals surface area (Å²) in [4.78, 5) is 11.9. The molecule has 1 saturated heterocycles. The number of amides is 1. The van der Waals surface area contributed by atoms with Crippen LogP contribution in [0.4, 0.5) is 5.69 Å². The molecule has 4 heteroatoms. The highest BCUT2D eigenvalue weighted by Gasteiger charge is 2.15. The predicted molar refractivity (Wildman–Crippen MR) is 80.7 cm³/mol. The van der Waals surface area contributed by atoms with Gasteiger partial charge in [-0.2, -0.15) is 0 Å². The van der Waals surface area contributed by atoms with Gasteiger partial charge in [0.15, 0.2) is 0 Å². The van der Waals surface area contributed by atoms with Gasteiger partial charge in [0.25, 0.3) is 0 Å². The van der Waals surface area contributed by atoms with Crippen LogP contribution in [-0.2, 0) is 16.0 Å². The van der Waals surface area contributed by atoms with Crippen LogP contribution in [0.15, 0.2) is 24.3 Å². The maximum atomic E-state index is 11.9. The van der Waals surface area contributed by atoms with Crippen LogP contribution in [0.2, 0.25) is 0 Å². The molecule has 1 aromatic rings. The van der Waals surface area contributed by atoms with E-state index in [2.05, 4.69) is 5.32 Å². The lowest BCUT2D eigenvalue weighted by atomic mass is 10.0. The van der Waals surface area contributed by atoms with E-state index in [0.717, 1.165) is 38.0 Å². The Balaban J connectivity index is 1.73. The molecule has 0 spiro atoms. The van der Waals surface area contributed by atoms with Gasteiger partial charge in [0.1, 0.15) is 0 Å². The second kappa shape index (κ2) is 8.02. The van der Waals surface area contributed by atoms with Crippen LogP contribution in [0.3, 0.4) is 0 Å². The zero-order valence-corrected chi connectivity index (χ0v) is 11.9. The molecule has 3 N–H and O–H groups in total. The molecule has 0 aliphatic carbocycles. The summed E-state index contributed by atoms with van der Waals surface area (Å²) >= 11 is 0. The van der Waals surface area contributed by atoms with E-state index in [-0.39, 0.29) is 12.0 Å². The Kier molecular flexibility index (Phi) is 6.02. The SMILES string of the molecule is NCCc1ccc(NC(=O)CCC2CCCCO2)cc1. The van der Waals surface area contributed by atoms with Gasteiger partial charge >= 0.3 is 0 Å². The molecule has 1 atom stereocenters. The molecule has 1 heterocycles. The molecular formula is C16H24N2O2. The molecule has 20 heavy (non-hydrogen) atoms. The van der Waals surface area contributed by atoms with Crippen molar-refractivity contribution in [3.63, 3.8) is 0 Å². The summed E-state index contributed by atoms with van der Waals surface area (Å²) in [6.45, 7) is 1.49. The fourth-order valence-corrected chi connectivity index (χ4v) is 2.47. The van der Waals surface area contributed by atoms with E-state index in [0.29, 0.717) is 13.0 Å². The Bertz CT molecular complexity index is 411. The van der Waals surface area contributed by atoms with E-state index in [1.54, 1.807) is 0 Å². The Labute approximate surface area is 120 Å². The second-order valence-electron chi connectivity index (χ2n) is 5.31. The lowest BCUT2D eigenvalue weighted by Gasteiger charge is -2.22. The van der Waals surface area contributed by atoms with Gasteiger partial charge in [-0.25, -0.2) is 0 Å². The predicted octanol–water partition coefficient (Wildman–Crippen LogP) is 2.48. The Morgan fingerprint density at radius 2 is 2.10 bits per heavy atom. The first-order valence-electron chi connectivity index (χ1n) is 7.48. The number of carbonyl (C=O) groups excluding carboxylic acids is 1. The maximum absolute atomic E-state index is 11.9. The molecule has 1 fully saturated rings. The standard InChI is InChI=1S/C16H24N2O2/c17-11-10-13-4-6-14(7-5-13)18-16(19)9-8-15-3-1-2-12-20-15/h4-7,15H,1-3,8-12,17H2,(H,18,19). The van der Waals surface area contributed by atoms with Crippen LogP contribution < -0.4 is 11.1 Å². The van der Waals surface area contributed by atoms with Crippen LogP contribution in [0.25, 0.3) is 0 Å². The monoisotopic (exact) mass is 276 g/mol. The van der Waals surface area contributed by atoms with E-state index >= 15 is 0 Å². The van der Waals surface area contributed by atoms with Crippen LogP contribution >= 0.6 is 0 Å². The smallest absolute Gasteiger partial charge is 0.224 e. The van der Waals surface area contributed by atoms with E-state index in [4.69, 9.17) is 10.5 Å². The van der Waals surface area contributed by atoms with Crippen molar-refractivity contribution in [2.45, 2.75) is 44.6 Å². The summed E-state index contributed by atoms with van der Waals surface area (Å²) in [6.07, 6.45) is 5.93. The summed E-state index contributed by atoms with van der Waals surface area (Å²) in [6, 6.07) is 7.87. The molecule has 0 bridgehead atoms. The molecule has 1 amide bonds. The Hall–Kier alpha value is -1.39. The molecule has 1 unspecified atom stereocenters. The van der Waals surface area contributed by atoms with Crippen LogP contribution in [0.1, 0.15) is 37.7 Å². The Morgan fingerprint density at radius 3 is 2.75 bits per heavy atom. The lowest BCUT2D eigenvalue weighted by Crippen LogP contribution is -2.21. The van der Waals surface area contributed by atoms with Gasteiger partial charge in [0, 0.05) is 18.7 Å². The Morgan fingerprint density at radius 1 is 1.30 bits per heavy atom. The number of nitrogens with one attached hydrogen (secondary N) is 1. The van der Waals surface area contributed by atoms with Gasteiger partial charge in [-0.1, -0.05) is 12.1 Å². The highest BCUT2D eigenvalue weighted by Crippen LogP contribution is 2.17. The van der Waals surface area contributed by atoms with Crippen LogP contribution in [0, 0.1) is 0 Å². The quantitative estimate of drug-likeness (QED) is 0.839. The third-order valence-corrected chi connectivity index (χ3v) is 3.64. The third-order valence-electron chi connectivity index (χ3n) is 3.64. The van der Waals surface area contributed by atoms with Gasteiger partial charge in [-0.15, -0.1) is 0 Å². The van der Waals surface area contributed by atoms with Crippen LogP contribution in [-0.4, -0.2) is 25.2 Å². The summed E-state index contributed by atoms with van der Waals surface area (Å²) < 4.78 is 5.63. The molecule has 0 aromatic heterocycles. The number of hydrogen-bond acceptors (Lipinski definition) is 3. The molecule has 0 radical (unpaired) electrons. The van der Waals surface area contributed by atoms with E-state index in [1.807, 2.05) is 24.3 Å². The average molecular weight is 276 g/mol. The van der Waals surface area contributed by atoms with E-state index < -0.39 is 0 Å². The summed E-state index contributed by atoms with van der Waals surface area (Å²) in [5, 5.41) is 2.93. The van der Waals surface area contributed by atoms with Gasteiger partial charge in [0.2, 0.25) is 5.91 Å². The van der Waals surface area contributed by atoms with Crippen molar-refractivity contribution in [1.29, 1.82) is 0 Å². The largest absolute Gasteiger partial charge is 0.378 e. The molecule has 1 aliphatic heterocycles. The molecule has 1 aliphatic rings. The third kappa shape index (κ3) is 4.94. The lowest BCUT2D eigenvalue weighted by molar-refractivity contribution is -0.117. The van der Waals surface area contributed by atoms with E-state index in [9.17, 15) is 4.79 Å². The maximum Gasteiger partial charge on any atom is 0.224 e. The number of rotatable bonds is 6. The highest BCUT2D eigenvalue weighted by molar-refractivity contribution is 5.90. The van der Waals surface area contributed by atoms with Crippen molar-refractivity contribution in [1.82, 2.24) is 0 Å². The summed E-state index contributed by atoms with van der Waals surface area (Å²) in [5.41, 5.74) is 7.55. The molecule has 4 nitrogen and oxygen atoms in total. The first-order valence-corrected chi connectivity index (χ1v) is 7.48. The normalized spacial score (nSPS) is 18.8. The molecule has 110 valence electrons. The molecule has 2 rings (SSSR count). The number of benzene rings is 1. The number of hydrogen-bond donors (Lipinski definition) is 2. The van der Waals surface area contributed by atoms with Gasteiger partial charge < -0.3 is 15.8 Å². The topological polar surface area (TPSA) is 64.3 Å². The summed E-state index contributed by atoms with van der Waals surface area (Å²) in [5.74, 6) is 0.0609. The first-order chi connectivity index (χ1) is 9.78. The van der Waals surface area contributed by atoms with Gasteiger partial charge in [-0.3, -0.25) is 4.79 Å². The number of nitrogens with two attached hydrogens (primary N) is 1. The van der Waals surface area contributed by atoms with Crippen molar-refractivity contribution in [3.05, 3.63) is 29.8 Å². The first kappa shape index (κ1) is 15.0. The molecular weight excluding hydrogens is 252 g/mol. The van der Waals surface area contributed by atoms with Crippen LogP contribution in [0.5, 0.6) is 0 Å². The van der Waals surface area contributed by atoms with Gasteiger partial charge in [-0.05, 0) is 56.3 Å². The zero-order chi connectivity index (χ0) is 14.2. The minimum atomic E-state index is 0.0609. The molecule has 0 saturated carbocycles. The van der Waals surface area contributed by atoms with Crippen molar-refractivity contribution in [2.24, 2.45) is 5.73 Å². The highest BCUT2D eigenvalue weighted by atomic mass is 16.5. The minimum Gasteiger partial charge on any atom is -0.378 e. The fraction of sp³-hybridized carbons (Fsp3) is 0.562. The fourth-order valence-electron chi connectivity index (χ4n) is 2.47. The van der Waals surface area contributed by atoms with Crippen molar-refractivity contribution >= 4 is 11.6 Å². The second-order valence-corrected chi connectivity index (χ2v) is 5.31. The average Bonchev–Trinajstić information content (AvgIpc) is 2.49. The summed E-state index contributed by atoms with van der Waals surface area (Å²) in [7, 11) is 0. The number of anilines is 1. The number of carbonyl (C=O) groups is 1. The van der Waals surface area contributed by atoms with Crippen molar-refractivity contribution in [3.8, 4) is 0 Å². The zero-order valence-electron chi connectivity index (χ0n) is 11.9. The minimum absolute atomic E-state index is 0.0609. The van der Waals surface area contributed by atoms with Crippen molar-refractivity contribution < 1.29 is 9.53 Å². The molecule has 1 aromatic carbocycles. The number of ether oxygens (including phenoxy) is 1. The van der Waals surface area contributed by atoms with E-state index in [1.165, 1.54) is 12.0 Å². The van der Waals surface area contributed by atoms with Gasteiger partial charge in [0.05, 0.1) is 6.10 Å².